The minimum Gasteiger partial charge on any atom is -0.310 e. The maximum absolute atomic E-state index is 4.34. The summed E-state index contributed by atoms with van der Waals surface area (Å²) >= 11 is 3.55. The summed E-state index contributed by atoms with van der Waals surface area (Å²) in [6.45, 7) is 3.32. The van der Waals surface area contributed by atoms with E-state index in [-0.39, 0.29) is 0 Å². The van der Waals surface area contributed by atoms with Crippen molar-refractivity contribution in [3.8, 4) is 0 Å². The fourth-order valence-electron chi connectivity index (χ4n) is 3.10. The van der Waals surface area contributed by atoms with E-state index >= 15 is 0 Å². The number of pyridine rings is 1. The van der Waals surface area contributed by atoms with E-state index in [0.717, 1.165) is 16.9 Å². The molecule has 0 spiro atoms. The Morgan fingerprint density at radius 1 is 1.26 bits per heavy atom. The predicted molar refractivity (Wildman–Crippen MR) is 84.2 cm³/mol. The van der Waals surface area contributed by atoms with Gasteiger partial charge in [0.05, 0.1) is 0 Å². The SMILES string of the molecule is CCCNC(c1cncc(Br)c1)C1CCCCCC1. The van der Waals surface area contributed by atoms with Crippen molar-refractivity contribution < 1.29 is 0 Å². The molecular weight excluding hydrogens is 300 g/mol. The first-order valence-electron chi connectivity index (χ1n) is 7.65. The summed E-state index contributed by atoms with van der Waals surface area (Å²) in [6.07, 6.45) is 13.4. The number of halogens is 1. The van der Waals surface area contributed by atoms with Gasteiger partial charge in [-0.15, -0.1) is 0 Å². The van der Waals surface area contributed by atoms with Gasteiger partial charge in [-0.1, -0.05) is 32.6 Å². The average Bonchev–Trinajstić information content (AvgIpc) is 2.68. The van der Waals surface area contributed by atoms with Crippen LogP contribution in [0, 0.1) is 5.92 Å². The number of nitrogens with one attached hydrogen (secondary N) is 1. The summed E-state index contributed by atoms with van der Waals surface area (Å²) in [6, 6.07) is 2.70. The lowest BCUT2D eigenvalue weighted by atomic mass is 9.87. The molecule has 0 saturated heterocycles. The van der Waals surface area contributed by atoms with Gasteiger partial charge in [0.15, 0.2) is 0 Å². The van der Waals surface area contributed by atoms with Crippen LogP contribution < -0.4 is 5.32 Å². The summed E-state index contributed by atoms with van der Waals surface area (Å²) in [5.74, 6) is 0.769. The third kappa shape index (κ3) is 4.57. The maximum atomic E-state index is 4.34. The number of aromatic nitrogens is 1. The summed E-state index contributed by atoms with van der Waals surface area (Å²) in [4.78, 5) is 4.34. The van der Waals surface area contributed by atoms with Crippen LogP contribution in [0.1, 0.15) is 63.5 Å². The Bertz CT molecular complexity index is 373. The Morgan fingerprint density at radius 3 is 2.63 bits per heavy atom. The van der Waals surface area contributed by atoms with E-state index in [0.29, 0.717) is 6.04 Å². The molecule has 0 aromatic carbocycles. The van der Waals surface area contributed by atoms with Crippen molar-refractivity contribution in [2.24, 2.45) is 5.92 Å². The topological polar surface area (TPSA) is 24.9 Å². The van der Waals surface area contributed by atoms with Crippen LogP contribution in [0.4, 0.5) is 0 Å². The van der Waals surface area contributed by atoms with Gasteiger partial charge in [-0.3, -0.25) is 4.98 Å². The molecule has 1 heterocycles. The van der Waals surface area contributed by atoms with Gasteiger partial charge in [0.25, 0.3) is 0 Å². The molecule has 1 aliphatic rings. The molecular formula is C16H25BrN2. The highest BCUT2D eigenvalue weighted by Crippen LogP contribution is 2.34. The van der Waals surface area contributed by atoms with Crippen molar-refractivity contribution in [2.45, 2.75) is 57.9 Å². The van der Waals surface area contributed by atoms with E-state index in [1.165, 1.54) is 50.5 Å². The van der Waals surface area contributed by atoms with Gasteiger partial charge in [0.2, 0.25) is 0 Å². The van der Waals surface area contributed by atoms with Gasteiger partial charge in [0.1, 0.15) is 0 Å². The molecule has 3 heteroatoms. The number of hydrogen-bond donors (Lipinski definition) is 1. The van der Waals surface area contributed by atoms with Gasteiger partial charge >= 0.3 is 0 Å². The molecule has 1 aliphatic carbocycles. The normalized spacial score (nSPS) is 19.1. The summed E-state index contributed by atoms with van der Waals surface area (Å²) in [5.41, 5.74) is 1.34. The van der Waals surface area contributed by atoms with Gasteiger partial charge in [0, 0.05) is 22.9 Å². The monoisotopic (exact) mass is 324 g/mol. The highest BCUT2D eigenvalue weighted by molar-refractivity contribution is 9.10. The average molecular weight is 325 g/mol. The Balaban J connectivity index is 2.13. The molecule has 0 bridgehead atoms. The molecule has 2 nitrogen and oxygen atoms in total. The van der Waals surface area contributed by atoms with Crippen LogP contribution in [0.25, 0.3) is 0 Å². The third-order valence-electron chi connectivity index (χ3n) is 4.07. The molecule has 0 amide bonds. The van der Waals surface area contributed by atoms with E-state index in [2.05, 4.69) is 39.2 Å². The van der Waals surface area contributed by atoms with Gasteiger partial charge < -0.3 is 5.32 Å². The standard InChI is InChI=1S/C16H25BrN2/c1-2-9-19-16(13-7-5-3-4-6-8-13)14-10-15(17)12-18-11-14/h10-13,16,19H,2-9H2,1H3. The molecule has 1 saturated carbocycles. The van der Waals surface area contributed by atoms with Crippen molar-refractivity contribution in [1.82, 2.24) is 10.3 Å². The van der Waals surface area contributed by atoms with Crippen molar-refractivity contribution in [2.75, 3.05) is 6.54 Å². The van der Waals surface area contributed by atoms with Gasteiger partial charge in [-0.25, -0.2) is 0 Å². The number of rotatable bonds is 5. The van der Waals surface area contributed by atoms with Crippen molar-refractivity contribution in [1.29, 1.82) is 0 Å². The Hall–Kier alpha value is -0.410. The lowest BCUT2D eigenvalue weighted by molar-refractivity contribution is 0.325. The molecule has 1 aromatic heterocycles. The molecule has 19 heavy (non-hydrogen) atoms. The van der Waals surface area contributed by atoms with E-state index in [4.69, 9.17) is 0 Å². The summed E-state index contributed by atoms with van der Waals surface area (Å²) in [7, 11) is 0. The third-order valence-corrected chi connectivity index (χ3v) is 4.50. The highest BCUT2D eigenvalue weighted by Gasteiger charge is 2.24. The van der Waals surface area contributed by atoms with Crippen LogP contribution in [0.15, 0.2) is 22.9 Å². The van der Waals surface area contributed by atoms with Crippen molar-refractivity contribution in [3.63, 3.8) is 0 Å². The van der Waals surface area contributed by atoms with Gasteiger partial charge in [-0.05, 0) is 59.3 Å². The van der Waals surface area contributed by atoms with Crippen LogP contribution >= 0.6 is 15.9 Å². The Morgan fingerprint density at radius 2 is 2.00 bits per heavy atom. The molecule has 1 atom stereocenters. The molecule has 1 N–H and O–H groups in total. The minimum atomic E-state index is 0.475. The van der Waals surface area contributed by atoms with E-state index in [1.54, 1.807) is 0 Å². The second kappa shape index (κ2) is 8.01. The van der Waals surface area contributed by atoms with E-state index < -0.39 is 0 Å². The first-order chi connectivity index (χ1) is 9.31. The van der Waals surface area contributed by atoms with Crippen LogP contribution in [-0.4, -0.2) is 11.5 Å². The van der Waals surface area contributed by atoms with E-state index in [9.17, 15) is 0 Å². The van der Waals surface area contributed by atoms with Crippen LogP contribution in [0.3, 0.4) is 0 Å². The second-order valence-corrected chi connectivity index (χ2v) is 6.54. The molecule has 1 aromatic rings. The molecule has 1 unspecified atom stereocenters. The van der Waals surface area contributed by atoms with Crippen molar-refractivity contribution >= 4 is 15.9 Å². The predicted octanol–water partition coefficient (Wildman–Crippen LogP) is 4.86. The second-order valence-electron chi connectivity index (χ2n) is 5.62. The first-order valence-corrected chi connectivity index (χ1v) is 8.44. The zero-order valence-electron chi connectivity index (χ0n) is 11.9. The highest BCUT2D eigenvalue weighted by atomic mass is 79.9. The lowest BCUT2D eigenvalue weighted by Crippen LogP contribution is -2.29. The summed E-state index contributed by atoms with van der Waals surface area (Å²) < 4.78 is 1.09. The lowest BCUT2D eigenvalue weighted by Gasteiger charge is -2.27. The largest absolute Gasteiger partial charge is 0.310 e. The molecule has 1 fully saturated rings. The molecule has 0 radical (unpaired) electrons. The fraction of sp³-hybridized carbons (Fsp3) is 0.688. The molecule has 106 valence electrons. The maximum Gasteiger partial charge on any atom is 0.0410 e. The van der Waals surface area contributed by atoms with Crippen LogP contribution in [0.5, 0.6) is 0 Å². The first kappa shape index (κ1) is 15.0. The zero-order chi connectivity index (χ0) is 13.5. The minimum absolute atomic E-state index is 0.475. The number of hydrogen-bond acceptors (Lipinski definition) is 2. The van der Waals surface area contributed by atoms with Gasteiger partial charge in [-0.2, -0.15) is 0 Å². The van der Waals surface area contributed by atoms with E-state index in [1.807, 2.05) is 12.4 Å². The Kier molecular flexibility index (Phi) is 6.32. The fourth-order valence-corrected chi connectivity index (χ4v) is 3.48. The van der Waals surface area contributed by atoms with Crippen molar-refractivity contribution in [3.05, 3.63) is 28.5 Å². The smallest absolute Gasteiger partial charge is 0.0410 e. The van der Waals surface area contributed by atoms with Crippen LogP contribution in [0.2, 0.25) is 0 Å². The summed E-state index contributed by atoms with van der Waals surface area (Å²) in [5, 5.41) is 3.75. The molecule has 0 aliphatic heterocycles. The quantitative estimate of drug-likeness (QED) is 0.782. The number of nitrogens with zero attached hydrogens (tertiary/aromatic N) is 1. The zero-order valence-corrected chi connectivity index (χ0v) is 13.5. The van der Waals surface area contributed by atoms with Crippen LogP contribution in [-0.2, 0) is 0 Å². The molecule has 2 rings (SSSR count). The Labute approximate surface area is 125 Å².